The number of nitrogens with one attached hydrogen (secondary N) is 1. The van der Waals surface area contributed by atoms with Crippen LogP contribution in [0.15, 0.2) is 46.7 Å². The molecule has 0 amide bonds. The van der Waals surface area contributed by atoms with Crippen molar-refractivity contribution in [2.24, 2.45) is 0 Å². The molecule has 1 aromatic carbocycles. The molecule has 0 aliphatic rings. The van der Waals surface area contributed by atoms with Gasteiger partial charge in [0.1, 0.15) is 0 Å². The van der Waals surface area contributed by atoms with E-state index in [1.165, 1.54) is 35.6 Å². The molecule has 148 valence electrons. The highest BCUT2D eigenvalue weighted by Crippen LogP contribution is 2.15. The van der Waals surface area contributed by atoms with Crippen molar-refractivity contribution >= 4 is 27.3 Å². The summed E-state index contributed by atoms with van der Waals surface area (Å²) in [6.07, 6.45) is 0.838. The third-order valence-corrected chi connectivity index (χ3v) is 6.05. The molecule has 0 saturated heterocycles. The standard InChI is InChI=1S/C17H19N5O4S2/c1-2-8-22-16(19-20-21-22)12-26-17(23)13-5-3-7-15(10-13)28(24,25)18-11-14-6-4-9-27-14/h3-7,9-10,18H,2,8,11-12H2,1H3. The van der Waals surface area contributed by atoms with Crippen molar-refractivity contribution in [2.45, 2.75) is 37.9 Å². The van der Waals surface area contributed by atoms with E-state index in [1.807, 2.05) is 24.4 Å². The normalized spacial score (nSPS) is 11.5. The second-order valence-corrected chi connectivity index (χ2v) is 8.63. The summed E-state index contributed by atoms with van der Waals surface area (Å²) in [5.74, 6) is -0.224. The average Bonchev–Trinajstić information content (AvgIpc) is 3.37. The molecule has 11 heteroatoms. The number of thiophene rings is 1. The van der Waals surface area contributed by atoms with E-state index in [-0.39, 0.29) is 23.6 Å². The summed E-state index contributed by atoms with van der Waals surface area (Å²) < 4.78 is 34.3. The maximum absolute atomic E-state index is 12.5. The summed E-state index contributed by atoms with van der Waals surface area (Å²) in [6.45, 7) is 2.69. The van der Waals surface area contributed by atoms with Gasteiger partial charge in [-0.1, -0.05) is 19.1 Å². The van der Waals surface area contributed by atoms with Crippen molar-refractivity contribution in [1.29, 1.82) is 0 Å². The van der Waals surface area contributed by atoms with Gasteiger partial charge >= 0.3 is 5.97 Å². The summed E-state index contributed by atoms with van der Waals surface area (Å²) in [7, 11) is -3.75. The molecule has 0 aliphatic carbocycles. The van der Waals surface area contributed by atoms with E-state index in [1.54, 1.807) is 4.68 Å². The molecule has 1 N–H and O–H groups in total. The van der Waals surface area contributed by atoms with Gasteiger partial charge in [-0.3, -0.25) is 0 Å². The number of benzene rings is 1. The first-order valence-electron chi connectivity index (χ1n) is 8.54. The molecule has 0 saturated carbocycles. The summed E-state index contributed by atoms with van der Waals surface area (Å²) in [5, 5.41) is 13.1. The molecule has 0 radical (unpaired) electrons. The minimum absolute atomic E-state index is 0.00526. The van der Waals surface area contributed by atoms with Gasteiger partial charge in [-0.05, 0) is 46.5 Å². The molecular weight excluding hydrogens is 402 g/mol. The van der Waals surface area contributed by atoms with Crippen LogP contribution in [0.1, 0.15) is 34.4 Å². The topological polar surface area (TPSA) is 116 Å². The van der Waals surface area contributed by atoms with E-state index in [4.69, 9.17) is 4.74 Å². The van der Waals surface area contributed by atoms with Gasteiger partial charge in [-0.25, -0.2) is 22.6 Å². The van der Waals surface area contributed by atoms with Gasteiger partial charge in [0.15, 0.2) is 12.4 Å². The number of esters is 1. The highest BCUT2D eigenvalue weighted by atomic mass is 32.2. The SMILES string of the molecule is CCCn1nnnc1COC(=O)c1cccc(S(=O)(=O)NCc2cccs2)c1. The third kappa shape index (κ3) is 5.00. The molecule has 0 unspecified atom stereocenters. The number of tetrazole rings is 1. The van der Waals surface area contributed by atoms with Crippen LogP contribution in [-0.2, 0) is 34.5 Å². The Morgan fingerprint density at radius 3 is 2.89 bits per heavy atom. The number of rotatable bonds is 9. The molecule has 3 aromatic rings. The maximum Gasteiger partial charge on any atom is 0.338 e. The first kappa shape index (κ1) is 20.1. The van der Waals surface area contributed by atoms with Gasteiger partial charge in [-0.15, -0.1) is 16.4 Å². The molecule has 9 nitrogen and oxygen atoms in total. The Balaban J connectivity index is 1.66. The summed E-state index contributed by atoms with van der Waals surface area (Å²) in [5.41, 5.74) is 0.133. The lowest BCUT2D eigenvalue weighted by Crippen LogP contribution is -2.23. The Kier molecular flexibility index (Phi) is 6.49. The first-order valence-corrected chi connectivity index (χ1v) is 10.9. The quantitative estimate of drug-likeness (QED) is 0.525. The van der Waals surface area contributed by atoms with Gasteiger partial charge < -0.3 is 4.74 Å². The number of hydrogen-bond donors (Lipinski definition) is 1. The predicted molar refractivity (Wildman–Crippen MR) is 102 cm³/mol. The molecule has 0 atom stereocenters. The van der Waals surface area contributed by atoms with Gasteiger partial charge in [0.2, 0.25) is 10.0 Å². The number of carbonyl (C=O) groups is 1. The number of nitrogens with zero attached hydrogens (tertiary/aromatic N) is 4. The summed E-state index contributed by atoms with van der Waals surface area (Å²) >= 11 is 1.46. The zero-order valence-corrected chi connectivity index (χ0v) is 16.7. The van der Waals surface area contributed by atoms with E-state index in [2.05, 4.69) is 20.2 Å². The van der Waals surface area contributed by atoms with E-state index >= 15 is 0 Å². The lowest BCUT2D eigenvalue weighted by atomic mass is 10.2. The lowest BCUT2D eigenvalue weighted by Gasteiger charge is -2.08. The highest BCUT2D eigenvalue weighted by Gasteiger charge is 2.18. The van der Waals surface area contributed by atoms with Crippen molar-refractivity contribution in [3.8, 4) is 0 Å². The number of carbonyl (C=O) groups excluding carboxylic acids is 1. The Hall–Kier alpha value is -2.63. The summed E-state index contributed by atoms with van der Waals surface area (Å²) in [4.78, 5) is 13.2. The third-order valence-electron chi connectivity index (χ3n) is 3.77. The molecule has 0 aliphatic heterocycles. The summed E-state index contributed by atoms with van der Waals surface area (Å²) in [6, 6.07) is 9.39. The zero-order chi connectivity index (χ0) is 20.0. The van der Waals surface area contributed by atoms with Crippen LogP contribution in [0.25, 0.3) is 0 Å². The van der Waals surface area contributed by atoms with Crippen molar-refractivity contribution in [3.63, 3.8) is 0 Å². The second kappa shape index (κ2) is 9.04. The second-order valence-electron chi connectivity index (χ2n) is 5.83. The van der Waals surface area contributed by atoms with Crippen molar-refractivity contribution in [2.75, 3.05) is 0 Å². The van der Waals surface area contributed by atoms with Crippen LogP contribution in [0.2, 0.25) is 0 Å². The molecule has 0 bridgehead atoms. The molecule has 3 rings (SSSR count). The van der Waals surface area contributed by atoms with E-state index in [9.17, 15) is 13.2 Å². The van der Waals surface area contributed by atoms with E-state index in [0.717, 1.165) is 11.3 Å². The Morgan fingerprint density at radius 1 is 1.29 bits per heavy atom. The molecule has 0 spiro atoms. The van der Waals surface area contributed by atoms with Crippen LogP contribution in [-0.4, -0.2) is 34.6 Å². The zero-order valence-electron chi connectivity index (χ0n) is 15.1. The Bertz CT molecular complexity index is 1030. The minimum Gasteiger partial charge on any atom is -0.454 e. The Labute approximate surface area is 166 Å². The molecule has 28 heavy (non-hydrogen) atoms. The molecule has 0 fully saturated rings. The van der Waals surface area contributed by atoms with E-state index in [0.29, 0.717) is 12.4 Å². The fourth-order valence-corrected chi connectivity index (χ4v) is 4.17. The van der Waals surface area contributed by atoms with Crippen LogP contribution in [0.4, 0.5) is 0 Å². The number of aromatic nitrogens is 4. The van der Waals surface area contributed by atoms with Crippen LogP contribution < -0.4 is 4.72 Å². The predicted octanol–water partition coefficient (Wildman–Crippen LogP) is 1.98. The minimum atomic E-state index is -3.75. The van der Waals surface area contributed by atoms with E-state index < -0.39 is 16.0 Å². The molecule has 2 aromatic heterocycles. The smallest absolute Gasteiger partial charge is 0.338 e. The highest BCUT2D eigenvalue weighted by molar-refractivity contribution is 7.89. The number of hydrogen-bond acceptors (Lipinski definition) is 8. The molecule has 2 heterocycles. The van der Waals surface area contributed by atoms with Crippen LogP contribution in [0.3, 0.4) is 0 Å². The first-order chi connectivity index (χ1) is 13.5. The molecular formula is C17H19N5O4S2. The monoisotopic (exact) mass is 421 g/mol. The fourth-order valence-electron chi connectivity index (χ4n) is 2.38. The number of ether oxygens (including phenoxy) is 1. The number of aryl methyl sites for hydroxylation is 1. The van der Waals surface area contributed by atoms with Crippen molar-refractivity contribution in [1.82, 2.24) is 24.9 Å². The van der Waals surface area contributed by atoms with Gasteiger partial charge in [0.05, 0.1) is 10.5 Å². The van der Waals surface area contributed by atoms with Gasteiger partial charge in [-0.2, -0.15) is 0 Å². The maximum atomic E-state index is 12.5. The van der Waals surface area contributed by atoms with Crippen molar-refractivity contribution < 1.29 is 17.9 Å². The van der Waals surface area contributed by atoms with Crippen LogP contribution in [0.5, 0.6) is 0 Å². The van der Waals surface area contributed by atoms with Crippen LogP contribution >= 0.6 is 11.3 Å². The largest absolute Gasteiger partial charge is 0.454 e. The van der Waals surface area contributed by atoms with Gasteiger partial charge in [0, 0.05) is 18.0 Å². The fraction of sp³-hybridized carbons (Fsp3) is 0.294. The number of sulfonamides is 1. The van der Waals surface area contributed by atoms with Gasteiger partial charge in [0.25, 0.3) is 0 Å². The average molecular weight is 422 g/mol. The Morgan fingerprint density at radius 2 is 2.14 bits per heavy atom. The van der Waals surface area contributed by atoms with Crippen LogP contribution in [0, 0.1) is 0 Å². The lowest BCUT2D eigenvalue weighted by molar-refractivity contribution is 0.0456. The van der Waals surface area contributed by atoms with Crippen molar-refractivity contribution in [3.05, 3.63) is 58.0 Å².